The Morgan fingerprint density at radius 1 is 1.15 bits per heavy atom. The monoisotopic (exact) mass is 369 g/mol. The predicted molar refractivity (Wildman–Crippen MR) is 98.8 cm³/mol. The number of ether oxygens (including phenoxy) is 1. The van der Waals surface area contributed by atoms with Gasteiger partial charge in [0.25, 0.3) is 0 Å². The first-order valence-electron chi connectivity index (χ1n) is 8.90. The van der Waals surface area contributed by atoms with Crippen LogP contribution in [0.4, 0.5) is 10.1 Å². The van der Waals surface area contributed by atoms with Crippen molar-refractivity contribution in [3.8, 4) is 0 Å². The van der Waals surface area contributed by atoms with E-state index in [1.807, 2.05) is 6.07 Å². The molecular formula is C20H20FN3O3. The minimum atomic E-state index is -0.315. The van der Waals surface area contributed by atoms with Crippen molar-refractivity contribution in [1.29, 1.82) is 0 Å². The molecule has 1 fully saturated rings. The van der Waals surface area contributed by atoms with Gasteiger partial charge in [0.1, 0.15) is 11.5 Å². The highest BCUT2D eigenvalue weighted by atomic mass is 19.1. The molecule has 1 aliphatic heterocycles. The van der Waals surface area contributed by atoms with Crippen molar-refractivity contribution in [1.82, 2.24) is 10.1 Å². The van der Waals surface area contributed by atoms with Crippen LogP contribution in [-0.2, 0) is 22.5 Å². The maximum atomic E-state index is 13.0. The molecule has 2 aromatic carbocycles. The first kappa shape index (κ1) is 17.6. The van der Waals surface area contributed by atoms with E-state index in [4.69, 9.17) is 9.26 Å². The number of halogens is 1. The van der Waals surface area contributed by atoms with E-state index in [0.717, 1.165) is 42.9 Å². The number of hydrogen-bond acceptors (Lipinski definition) is 5. The molecule has 0 bridgehead atoms. The van der Waals surface area contributed by atoms with E-state index in [1.54, 1.807) is 24.3 Å². The van der Waals surface area contributed by atoms with Crippen LogP contribution in [-0.4, -0.2) is 42.3 Å². The van der Waals surface area contributed by atoms with Crippen LogP contribution in [0, 0.1) is 5.82 Å². The van der Waals surface area contributed by atoms with E-state index < -0.39 is 0 Å². The lowest BCUT2D eigenvalue weighted by Crippen LogP contribution is -2.35. The van der Waals surface area contributed by atoms with Gasteiger partial charge in [-0.05, 0) is 35.9 Å². The number of anilines is 1. The SMILES string of the molecule is O=C(Cc1ccc(F)cc1)Nc1ccc2onc(CN3CCOCC3)c2c1. The summed E-state index contributed by atoms with van der Waals surface area (Å²) in [6.07, 6.45) is 0.183. The van der Waals surface area contributed by atoms with Crippen LogP contribution >= 0.6 is 0 Å². The summed E-state index contributed by atoms with van der Waals surface area (Å²) in [4.78, 5) is 14.5. The zero-order valence-electron chi connectivity index (χ0n) is 14.8. The van der Waals surface area contributed by atoms with E-state index in [2.05, 4.69) is 15.4 Å². The highest BCUT2D eigenvalue weighted by Crippen LogP contribution is 2.24. The predicted octanol–water partition coefficient (Wildman–Crippen LogP) is 2.98. The minimum Gasteiger partial charge on any atom is -0.379 e. The summed E-state index contributed by atoms with van der Waals surface area (Å²) < 4.78 is 23.7. The number of carbonyl (C=O) groups excluding carboxylic acids is 1. The van der Waals surface area contributed by atoms with Gasteiger partial charge in [0, 0.05) is 30.7 Å². The Kier molecular flexibility index (Phi) is 5.13. The number of nitrogens with zero attached hydrogens (tertiary/aromatic N) is 2. The molecular weight excluding hydrogens is 349 g/mol. The summed E-state index contributed by atoms with van der Waals surface area (Å²) in [5.74, 6) is -0.475. The van der Waals surface area contributed by atoms with Crippen LogP contribution in [0.25, 0.3) is 11.0 Å². The van der Waals surface area contributed by atoms with E-state index in [0.29, 0.717) is 17.8 Å². The second-order valence-corrected chi connectivity index (χ2v) is 6.58. The van der Waals surface area contributed by atoms with Crippen LogP contribution in [0.1, 0.15) is 11.3 Å². The van der Waals surface area contributed by atoms with Gasteiger partial charge in [-0.25, -0.2) is 4.39 Å². The van der Waals surface area contributed by atoms with Crippen molar-refractivity contribution >= 4 is 22.6 Å². The van der Waals surface area contributed by atoms with Crippen LogP contribution in [0.3, 0.4) is 0 Å². The lowest BCUT2D eigenvalue weighted by Gasteiger charge is -2.25. The number of hydrogen-bond donors (Lipinski definition) is 1. The van der Waals surface area contributed by atoms with Crippen molar-refractivity contribution in [2.24, 2.45) is 0 Å². The fraction of sp³-hybridized carbons (Fsp3) is 0.300. The van der Waals surface area contributed by atoms with Gasteiger partial charge in [-0.1, -0.05) is 17.3 Å². The van der Waals surface area contributed by atoms with Crippen LogP contribution in [0.15, 0.2) is 47.0 Å². The minimum absolute atomic E-state index is 0.160. The molecule has 1 aliphatic rings. The fourth-order valence-electron chi connectivity index (χ4n) is 3.14. The van der Waals surface area contributed by atoms with Gasteiger partial charge in [0.15, 0.2) is 5.58 Å². The van der Waals surface area contributed by atoms with Gasteiger partial charge in [0.2, 0.25) is 5.91 Å². The number of benzene rings is 2. The Bertz CT molecular complexity index is 933. The molecule has 0 saturated carbocycles. The Morgan fingerprint density at radius 3 is 2.70 bits per heavy atom. The Morgan fingerprint density at radius 2 is 1.93 bits per heavy atom. The first-order valence-corrected chi connectivity index (χ1v) is 8.90. The topological polar surface area (TPSA) is 67.6 Å². The highest BCUT2D eigenvalue weighted by molar-refractivity contribution is 5.94. The molecule has 27 heavy (non-hydrogen) atoms. The Labute approximate surface area is 155 Å². The second kappa shape index (κ2) is 7.85. The molecule has 4 rings (SSSR count). The number of carbonyl (C=O) groups is 1. The van der Waals surface area contributed by atoms with Gasteiger partial charge in [0.05, 0.1) is 19.6 Å². The molecule has 140 valence electrons. The smallest absolute Gasteiger partial charge is 0.228 e. The third-order valence-corrected chi connectivity index (χ3v) is 4.58. The summed E-state index contributed by atoms with van der Waals surface area (Å²) in [5, 5.41) is 7.95. The highest BCUT2D eigenvalue weighted by Gasteiger charge is 2.16. The van der Waals surface area contributed by atoms with Gasteiger partial charge in [-0.2, -0.15) is 0 Å². The molecule has 1 amide bonds. The number of morpholine rings is 1. The molecule has 1 saturated heterocycles. The Balaban J connectivity index is 1.46. The zero-order valence-corrected chi connectivity index (χ0v) is 14.8. The van der Waals surface area contributed by atoms with Crippen molar-refractivity contribution in [3.05, 3.63) is 59.5 Å². The van der Waals surface area contributed by atoms with E-state index in [1.165, 1.54) is 12.1 Å². The van der Waals surface area contributed by atoms with Crippen molar-refractivity contribution < 1.29 is 18.4 Å². The zero-order chi connectivity index (χ0) is 18.6. The third kappa shape index (κ3) is 4.32. The second-order valence-electron chi connectivity index (χ2n) is 6.58. The standard InChI is InChI=1S/C20H20FN3O3/c21-15-3-1-14(2-4-15)11-20(25)22-16-5-6-19-17(12-16)18(23-27-19)13-24-7-9-26-10-8-24/h1-6,12H,7-11,13H2,(H,22,25). The summed E-state index contributed by atoms with van der Waals surface area (Å²) in [7, 11) is 0. The van der Waals surface area contributed by atoms with Crippen LogP contribution in [0.2, 0.25) is 0 Å². The quantitative estimate of drug-likeness (QED) is 0.749. The maximum absolute atomic E-state index is 13.0. The van der Waals surface area contributed by atoms with E-state index >= 15 is 0 Å². The lowest BCUT2D eigenvalue weighted by molar-refractivity contribution is -0.115. The maximum Gasteiger partial charge on any atom is 0.228 e. The summed E-state index contributed by atoms with van der Waals surface area (Å²) in [6, 6.07) is 11.4. The van der Waals surface area contributed by atoms with Crippen LogP contribution < -0.4 is 5.32 Å². The number of nitrogens with one attached hydrogen (secondary N) is 1. The lowest BCUT2D eigenvalue weighted by atomic mass is 10.1. The number of aromatic nitrogens is 1. The summed E-state index contributed by atoms with van der Waals surface area (Å²) in [5.41, 5.74) is 2.98. The van der Waals surface area contributed by atoms with E-state index in [-0.39, 0.29) is 18.1 Å². The van der Waals surface area contributed by atoms with Gasteiger partial charge >= 0.3 is 0 Å². The molecule has 1 aromatic heterocycles. The van der Waals surface area contributed by atoms with Gasteiger partial charge in [-0.3, -0.25) is 9.69 Å². The molecule has 0 aliphatic carbocycles. The molecule has 0 spiro atoms. The van der Waals surface area contributed by atoms with E-state index in [9.17, 15) is 9.18 Å². The number of rotatable bonds is 5. The average molecular weight is 369 g/mol. The molecule has 6 nitrogen and oxygen atoms in total. The normalized spacial score (nSPS) is 15.1. The molecule has 0 unspecified atom stereocenters. The molecule has 7 heteroatoms. The van der Waals surface area contributed by atoms with Crippen molar-refractivity contribution in [2.75, 3.05) is 31.6 Å². The van der Waals surface area contributed by atoms with Crippen molar-refractivity contribution in [2.45, 2.75) is 13.0 Å². The molecule has 1 N–H and O–H groups in total. The largest absolute Gasteiger partial charge is 0.379 e. The van der Waals surface area contributed by atoms with Crippen molar-refractivity contribution in [3.63, 3.8) is 0 Å². The molecule has 3 aromatic rings. The summed E-state index contributed by atoms with van der Waals surface area (Å²) >= 11 is 0. The number of fused-ring (bicyclic) bond motifs is 1. The first-order chi connectivity index (χ1) is 13.2. The third-order valence-electron chi connectivity index (χ3n) is 4.58. The summed E-state index contributed by atoms with van der Waals surface area (Å²) in [6.45, 7) is 3.86. The molecule has 2 heterocycles. The molecule has 0 radical (unpaired) electrons. The fourth-order valence-corrected chi connectivity index (χ4v) is 3.14. The molecule has 0 atom stereocenters. The Hall–Kier alpha value is -2.77. The van der Waals surface area contributed by atoms with Gasteiger partial charge < -0.3 is 14.6 Å². The van der Waals surface area contributed by atoms with Gasteiger partial charge in [-0.15, -0.1) is 0 Å². The number of amides is 1. The average Bonchev–Trinajstić information content (AvgIpc) is 3.07. The van der Waals surface area contributed by atoms with Crippen LogP contribution in [0.5, 0.6) is 0 Å².